The second-order valence-electron chi connectivity index (χ2n) is 6.06. The topological polar surface area (TPSA) is 55.1 Å². The van der Waals surface area contributed by atoms with E-state index < -0.39 is 5.54 Å². The number of carbonyl (C=O) groups excluding carboxylic acids is 1. The molecule has 0 heterocycles. The van der Waals surface area contributed by atoms with Crippen LogP contribution in [0.1, 0.15) is 43.2 Å². The Bertz CT molecular complexity index is 458. The fraction of sp³-hybridized carbons (Fsp3) is 0.562. The van der Waals surface area contributed by atoms with Crippen molar-refractivity contribution in [2.24, 2.45) is 5.73 Å². The van der Waals surface area contributed by atoms with E-state index in [2.05, 4.69) is 29.6 Å². The molecule has 0 aromatic heterocycles. The third kappa shape index (κ3) is 2.99. The summed E-state index contributed by atoms with van der Waals surface area (Å²) in [6.07, 6.45) is 6.91. The fourth-order valence-electron chi connectivity index (χ4n) is 3.40. The molecule has 2 aliphatic carbocycles. The highest BCUT2D eigenvalue weighted by Crippen LogP contribution is 2.27. The first-order valence-electron chi connectivity index (χ1n) is 7.34. The molecular weight excluding hydrogens is 272 g/mol. The Balaban J connectivity index is 0.00000147. The van der Waals surface area contributed by atoms with E-state index in [1.54, 1.807) is 0 Å². The molecule has 3 N–H and O–H groups in total. The minimum atomic E-state index is -0.618. The minimum Gasteiger partial charge on any atom is -0.351 e. The average molecular weight is 295 g/mol. The largest absolute Gasteiger partial charge is 0.351 e. The van der Waals surface area contributed by atoms with Crippen molar-refractivity contribution < 1.29 is 4.79 Å². The Morgan fingerprint density at radius 3 is 2.20 bits per heavy atom. The maximum Gasteiger partial charge on any atom is 0.240 e. The van der Waals surface area contributed by atoms with Crippen molar-refractivity contribution in [1.29, 1.82) is 0 Å². The van der Waals surface area contributed by atoms with Gasteiger partial charge in [0.15, 0.2) is 0 Å². The van der Waals surface area contributed by atoms with Gasteiger partial charge in [-0.25, -0.2) is 0 Å². The van der Waals surface area contributed by atoms with Crippen LogP contribution in [-0.2, 0) is 17.6 Å². The molecule has 3 rings (SSSR count). The molecule has 0 saturated heterocycles. The van der Waals surface area contributed by atoms with Crippen LogP contribution in [0.3, 0.4) is 0 Å². The Morgan fingerprint density at radius 2 is 1.65 bits per heavy atom. The van der Waals surface area contributed by atoms with E-state index in [4.69, 9.17) is 5.73 Å². The molecular formula is C16H23ClN2O. The third-order valence-electron chi connectivity index (χ3n) is 4.58. The molecule has 1 aromatic carbocycles. The number of fused-ring (bicyclic) bond motifs is 1. The number of rotatable bonds is 2. The highest BCUT2D eigenvalue weighted by Gasteiger charge is 2.36. The van der Waals surface area contributed by atoms with Crippen LogP contribution in [0.25, 0.3) is 0 Å². The molecule has 1 fully saturated rings. The summed E-state index contributed by atoms with van der Waals surface area (Å²) in [5.41, 5.74) is 8.38. The van der Waals surface area contributed by atoms with Gasteiger partial charge in [-0.15, -0.1) is 12.4 Å². The Kier molecular flexibility index (Phi) is 4.71. The van der Waals surface area contributed by atoms with Gasteiger partial charge in [-0.3, -0.25) is 4.79 Å². The summed E-state index contributed by atoms with van der Waals surface area (Å²) in [7, 11) is 0. The Morgan fingerprint density at radius 1 is 1.10 bits per heavy atom. The second kappa shape index (κ2) is 6.15. The SMILES string of the molecule is Cl.NC1(C(=O)NC2Cc3ccccc3C2)CCCCC1. The van der Waals surface area contributed by atoms with Gasteiger partial charge in [0.2, 0.25) is 5.91 Å². The lowest BCUT2D eigenvalue weighted by Gasteiger charge is -2.33. The minimum absolute atomic E-state index is 0. The van der Waals surface area contributed by atoms with Crippen molar-refractivity contribution in [3.8, 4) is 0 Å². The standard InChI is InChI=1S/C16H22N2O.ClH/c17-16(8-4-1-5-9-16)15(19)18-14-10-12-6-2-3-7-13(12)11-14;/h2-3,6-7,14H,1,4-5,8-11,17H2,(H,18,19);1H. The third-order valence-corrected chi connectivity index (χ3v) is 4.58. The molecule has 20 heavy (non-hydrogen) atoms. The van der Waals surface area contributed by atoms with Gasteiger partial charge in [0.25, 0.3) is 0 Å². The first kappa shape index (κ1) is 15.3. The Hall–Kier alpha value is -1.06. The lowest BCUT2D eigenvalue weighted by Crippen LogP contribution is -2.57. The number of nitrogens with one attached hydrogen (secondary N) is 1. The first-order chi connectivity index (χ1) is 9.17. The molecule has 0 bridgehead atoms. The van der Waals surface area contributed by atoms with Crippen molar-refractivity contribution in [3.05, 3.63) is 35.4 Å². The summed E-state index contributed by atoms with van der Waals surface area (Å²) in [6.45, 7) is 0. The van der Waals surface area contributed by atoms with Gasteiger partial charge in [-0.05, 0) is 36.8 Å². The molecule has 4 heteroatoms. The zero-order valence-electron chi connectivity index (χ0n) is 11.7. The summed E-state index contributed by atoms with van der Waals surface area (Å²) in [5, 5.41) is 3.17. The highest BCUT2D eigenvalue weighted by molar-refractivity contribution is 5.86. The van der Waals surface area contributed by atoms with E-state index in [1.165, 1.54) is 17.5 Å². The van der Waals surface area contributed by atoms with Crippen molar-refractivity contribution in [2.45, 2.75) is 56.5 Å². The van der Waals surface area contributed by atoms with E-state index in [-0.39, 0.29) is 24.4 Å². The summed E-state index contributed by atoms with van der Waals surface area (Å²) in [4.78, 5) is 12.4. The first-order valence-corrected chi connectivity index (χ1v) is 7.34. The van der Waals surface area contributed by atoms with E-state index >= 15 is 0 Å². The van der Waals surface area contributed by atoms with Gasteiger partial charge in [0.1, 0.15) is 0 Å². The maximum absolute atomic E-state index is 12.4. The molecule has 2 aliphatic rings. The van der Waals surface area contributed by atoms with Crippen LogP contribution >= 0.6 is 12.4 Å². The number of amides is 1. The van der Waals surface area contributed by atoms with Gasteiger partial charge in [-0.2, -0.15) is 0 Å². The predicted molar refractivity (Wildman–Crippen MR) is 83.0 cm³/mol. The molecule has 0 spiro atoms. The summed E-state index contributed by atoms with van der Waals surface area (Å²) in [6, 6.07) is 8.66. The smallest absolute Gasteiger partial charge is 0.240 e. The predicted octanol–water partition coefficient (Wildman–Crippen LogP) is 2.35. The molecule has 1 saturated carbocycles. The zero-order valence-corrected chi connectivity index (χ0v) is 12.5. The van der Waals surface area contributed by atoms with E-state index in [1.807, 2.05) is 0 Å². The van der Waals surface area contributed by atoms with Crippen molar-refractivity contribution in [1.82, 2.24) is 5.32 Å². The van der Waals surface area contributed by atoms with Crippen LogP contribution in [0.15, 0.2) is 24.3 Å². The van der Waals surface area contributed by atoms with E-state index in [0.29, 0.717) is 0 Å². The highest BCUT2D eigenvalue weighted by atomic mass is 35.5. The number of halogens is 1. The van der Waals surface area contributed by atoms with Gasteiger partial charge < -0.3 is 11.1 Å². The molecule has 1 amide bonds. The quantitative estimate of drug-likeness (QED) is 0.880. The van der Waals surface area contributed by atoms with Gasteiger partial charge >= 0.3 is 0 Å². The number of hydrogen-bond acceptors (Lipinski definition) is 2. The van der Waals surface area contributed by atoms with Crippen molar-refractivity contribution in [3.63, 3.8) is 0 Å². The molecule has 0 aliphatic heterocycles. The van der Waals surface area contributed by atoms with Gasteiger partial charge in [0, 0.05) is 6.04 Å². The van der Waals surface area contributed by atoms with Crippen LogP contribution in [0.4, 0.5) is 0 Å². The lowest BCUT2D eigenvalue weighted by molar-refractivity contribution is -0.128. The maximum atomic E-state index is 12.4. The summed E-state index contributed by atoms with van der Waals surface area (Å²) < 4.78 is 0. The van der Waals surface area contributed by atoms with Crippen LogP contribution in [-0.4, -0.2) is 17.5 Å². The van der Waals surface area contributed by atoms with Crippen molar-refractivity contribution >= 4 is 18.3 Å². The van der Waals surface area contributed by atoms with Crippen LogP contribution in [0.2, 0.25) is 0 Å². The molecule has 0 atom stereocenters. The Labute approximate surface area is 126 Å². The van der Waals surface area contributed by atoms with Crippen LogP contribution in [0, 0.1) is 0 Å². The average Bonchev–Trinajstić information content (AvgIpc) is 2.81. The van der Waals surface area contributed by atoms with E-state index in [0.717, 1.165) is 38.5 Å². The molecule has 1 aromatic rings. The number of nitrogens with two attached hydrogens (primary N) is 1. The summed E-state index contributed by atoms with van der Waals surface area (Å²) in [5.74, 6) is 0.0602. The normalized spacial score (nSPS) is 20.9. The second-order valence-corrected chi connectivity index (χ2v) is 6.06. The number of hydrogen-bond donors (Lipinski definition) is 2. The molecule has 110 valence electrons. The fourth-order valence-corrected chi connectivity index (χ4v) is 3.40. The van der Waals surface area contributed by atoms with Crippen LogP contribution < -0.4 is 11.1 Å². The lowest BCUT2D eigenvalue weighted by atomic mass is 9.81. The molecule has 0 radical (unpaired) electrons. The summed E-state index contributed by atoms with van der Waals surface area (Å²) >= 11 is 0. The van der Waals surface area contributed by atoms with Crippen LogP contribution in [0.5, 0.6) is 0 Å². The van der Waals surface area contributed by atoms with Gasteiger partial charge in [-0.1, -0.05) is 43.5 Å². The molecule has 0 unspecified atom stereocenters. The zero-order chi connectivity index (χ0) is 13.3. The molecule has 3 nitrogen and oxygen atoms in total. The van der Waals surface area contributed by atoms with Crippen molar-refractivity contribution in [2.75, 3.05) is 0 Å². The van der Waals surface area contributed by atoms with E-state index in [9.17, 15) is 4.79 Å². The number of carbonyl (C=O) groups is 1. The monoisotopic (exact) mass is 294 g/mol. The number of benzene rings is 1. The van der Waals surface area contributed by atoms with Gasteiger partial charge in [0.05, 0.1) is 5.54 Å².